The van der Waals surface area contributed by atoms with Gasteiger partial charge in [0.15, 0.2) is 0 Å². The number of benzene rings is 2. The molecule has 0 atom stereocenters. The third-order valence-corrected chi connectivity index (χ3v) is 4.79. The van der Waals surface area contributed by atoms with Crippen molar-refractivity contribution in [3.63, 3.8) is 0 Å². The minimum atomic E-state index is -0.375. The predicted octanol–water partition coefficient (Wildman–Crippen LogP) is 3.57. The second kappa shape index (κ2) is 5.71. The number of fused-ring (bicyclic) bond motifs is 1. The van der Waals surface area contributed by atoms with E-state index in [0.29, 0.717) is 5.56 Å². The maximum atomic E-state index is 11.0. The first-order chi connectivity index (χ1) is 9.72. The van der Waals surface area contributed by atoms with Crippen LogP contribution in [0, 0.1) is 0 Å². The highest BCUT2D eigenvalue weighted by Crippen LogP contribution is 2.27. The van der Waals surface area contributed by atoms with Crippen LogP contribution in [-0.2, 0) is 18.6 Å². The highest BCUT2D eigenvalue weighted by Gasteiger charge is 2.10. The van der Waals surface area contributed by atoms with Gasteiger partial charge in [-0.3, -0.25) is 4.79 Å². The van der Waals surface area contributed by atoms with E-state index in [1.165, 1.54) is 36.0 Å². The largest absolute Gasteiger partial charge is 0.366 e. The summed E-state index contributed by atoms with van der Waals surface area (Å²) in [7, 11) is 0. The van der Waals surface area contributed by atoms with E-state index >= 15 is 0 Å². The number of rotatable bonds is 4. The summed E-state index contributed by atoms with van der Waals surface area (Å²) in [6.07, 6.45) is 3.75. The molecule has 102 valence electrons. The highest BCUT2D eigenvalue weighted by molar-refractivity contribution is 7.98. The molecular formula is C17H17NOS. The van der Waals surface area contributed by atoms with E-state index in [-0.39, 0.29) is 5.91 Å². The van der Waals surface area contributed by atoms with Gasteiger partial charge in [-0.25, -0.2) is 0 Å². The van der Waals surface area contributed by atoms with E-state index in [4.69, 9.17) is 5.73 Å². The quantitative estimate of drug-likeness (QED) is 0.872. The zero-order valence-corrected chi connectivity index (χ0v) is 12.1. The molecule has 0 heterocycles. The van der Waals surface area contributed by atoms with Crippen LogP contribution in [0.4, 0.5) is 0 Å². The zero-order valence-electron chi connectivity index (χ0n) is 11.3. The van der Waals surface area contributed by atoms with Crippen molar-refractivity contribution in [2.75, 3.05) is 0 Å². The van der Waals surface area contributed by atoms with Crippen LogP contribution in [0.25, 0.3) is 0 Å². The van der Waals surface area contributed by atoms with Crippen LogP contribution in [0.3, 0.4) is 0 Å². The van der Waals surface area contributed by atoms with Crippen molar-refractivity contribution in [2.24, 2.45) is 5.73 Å². The van der Waals surface area contributed by atoms with Gasteiger partial charge in [0.2, 0.25) is 5.91 Å². The van der Waals surface area contributed by atoms with Crippen molar-refractivity contribution in [3.8, 4) is 0 Å². The molecule has 2 N–H and O–H groups in total. The van der Waals surface area contributed by atoms with Gasteiger partial charge in [0.05, 0.1) is 0 Å². The highest BCUT2D eigenvalue weighted by atomic mass is 32.2. The molecular weight excluding hydrogens is 266 g/mol. The Kier molecular flexibility index (Phi) is 3.79. The molecule has 0 spiro atoms. The molecule has 0 saturated heterocycles. The molecule has 0 saturated carbocycles. The SMILES string of the molecule is NC(=O)c1ccc(SCc2ccc3c(c2)CCC3)cc1. The average Bonchev–Trinajstić information content (AvgIpc) is 2.93. The third-order valence-electron chi connectivity index (χ3n) is 3.71. The van der Waals surface area contributed by atoms with Gasteiger partial charge in [0.25, 0.3) is 0 Å². The number of carbonyl (C=O) groups is 1. The summed E-state index contributed by atoms with van der Waals surface area (Å²) in [5.41, 5.74) is 10.2. The number of amides is 1. The fourth-order valence-electron chi connectivity index (χ4n) is 2.60. The molecule has 20 heavy (non-hydrogen) atoms. The topological polar surface area (TPSA) is 43.1 Å². The predicted molar refractivity (Wildman–Crippen MR) is 83.0 cm³/mol. The van der Waals surface area contributed by atoms with Crippen LogP contribution in [0.15, 0.2) is 47.4 Å². The second-order valence-corrected chi connectivity index (χ2v) is 6.18. The molecule has 0 radical (unpaired) electrons. The number of primary amides is 1. The Morgan fingerprint density at radius 3 is 2.55 bits per heavy atom. The Hall–Kier alpha value is -1.74. The molecule has 2 nitrogen and oxygen atoms in total. The van der Waals surface area contributed by atoms with Crippen LogP contribution in [-0.4, -0.2) is 5.91 Å². The summed E-state index contributed by atoms with van der Waals surface area (Å²) in [5.74, 6) is 0.587. The molecule has 3 rings (SSSR count). The molecule has 0 unspecified atom stereocenters. The number of thioether (sulfide) groups is 1. The van der Waals surface area contributed by atoms with Crippen molar-refractivity contribution in [2.45, 2.75) is 29.9 Å². The molecule has 1 aliphatic carbocycles. The fraction of sp³-hybridized carbons (Fsp3) is 0.235. The Balaban J connectivity index is 1.65. The lowest BCUT2D eigenvalue weighted by Gasteiger charge is -2.05. The number of aryl methyl sites for hydroxylation is 2. The number of carbonyl (C=O) groups excluding carboxylic acids is 1. The average molecular weight is 283 g/mol. The van der Waals surface area contributed by atoms with Gasteiger partial charge < -0.3 is 5.73 Å². The van der Waals surface area contributed by atoms with Gasteiger partial charge in [0, 0.05) is 16.2 Å². The molecule has 3 heteroatoms. The van der Waals surface area contributed by atoms with Gasteiger partial charge in [0.1, 0.15) is 0 Å². The molecule has 2 aromatic carbocycles. The van der Waals surface area contributed by atoms with Crippen LogP contribution in [0.1, 0.15) is 33.5 Å². The fourth-order valence-corrected chi connectivity index (χ4v) is 3.44. The summed E-state index contributed by atoms with van der Waals surface area (Å²) in [5, 5.41) is 0. The minimum absolute atomic E-state index is 0.375. The van der Waals surface area contributed by atoms with Crippen LogP contribution >= 0.6 is 11.8 Å². The number of hydrogen-bond donors (Lipinski definition) is 1. The summed E-state index contributed by atoms with van der Waals surface area (Å²) >= 11 is 1.79. The summed E-state index contributed by atoms with van der Waals surface area (Å²) in [6, 6.07) is 14.3. The lowest BCUT2D eigenvalue weighted by Crippen LogP contribution is -2.10. The molecule has 0 aromatic heterocycles. The van der Waals surface area contributed by atoms with Crippen LogP contribution in [0.2, 0.25) is 0 Å². The lowest BCUT2D eigenvalue weighted by atomic mass is 10.1. The summed E-state index contributed by atoms with van der Waals surface area (Å²) in [6.45, 7) is 0. The Labute approximate surface area is 123 Å². The lowest BCUT2D eigenvalue weighted by molar-refractivity contribution is 0.1000. The van der Waals surface area contributed by atoms with Crippen molar-refractivity contribution in [3.05, 3.63) is 64.7 Å². The van der Waals surface area contributed by atoms with E-state index < -0.39 is 0 Å². The maximum absolute atomic E-state index is 11.0. The smallest absolute Gasteiger partial charge is 0.248 e. The first-order valence-electron chi connectivity index (χ1n) is 6.86. The molecule has 0 fully saturated rings. The summed E-state index contributed by atoms with van der Waals surface area (Å²) in [4.78, 5) is 12.2. The van der Waals surface area contributed by atoms with Crippen molar-refractivity contribution in [1.82, 2.24) is 0 Å². The minimum Gasteiger partial charge on any atom is -0.366 e. The Morgan fingerprint density at radius 2 is 1.80 bits per heavy atom. The second-order valence-electron chi connectivity index (χ2n) is 5.13. The van der Waals surface area contributed by atoms with Gasteiger partial charge in [-0.15, -0.1) is 11.8 Å². The molecule has 2 aromatic rings. The van der Waals surface area contributed by atoms with E-state index in [9.17, 15) is 4.79 Å². The van der Waals surface area contributed by atoms with Crippen molar-refractivity contribution in [1.29, 1.82) is 0 Å². The van der Waals surface area contributed by atoms with Gasteiger partial charge in [-0.1, -0.05) is 18.2 Å². The van der Waals surface area contributed by atoms with Gasteiger partial charge >= 0.3 is 0 Å². The number of hydrogen-bond acceptors (Lipinski definition) is 2. The molecule has 1 aliphatic rings. The van der Waals surface area contributed by atoms with Crippen LogP contribution < -0.4 is 5.73 Å². The van der Waals surface area contributed by atoms with E-state index in [2.05, 4.69) is 18.2 Å². The van der Waals surface area contributed by atoms with E-state index in [1.54, 1.807) is 23.9 Å². The summed E-state index contributed by atoms with van der Waals surface area (Å²) < 4.78 is 0. The van der Waals surface area contributed by atoms with Crippen molar-refractivity contribution >= 4 is 17.7 Å². The molecule has 1 amide bonds. The monoisotopic (exact) mass is 283 g/mol. The standard InChI is InChI=1S/C17H17NOS/c18-17(19)14-6-8-16(9-7-14)20-11-12-4-5-13-2-1-3-15(13)10-12/h4-10H,1-3,11H2,(H2,18,19). The van der Waals surface area contributed by atoms with Gasteiger partial charge in [-0.05, 0) is 60.2 Å². The maximum Gasteiger partial charge on any atom is 0.248 e. The Bertz CT molecular complexity index is 634. The molecule has 0 bridgehead atoms. The van der Waals surface area contributed by atoms with E-state index in [0.717, 1.165) is 10.6 Å². The zero-order chi connectivity index (χ0) is 13.9. The first kappa shape index (κ1) is 13.3. The van der Waals surface area contributed by atoms with Gasteiger partial charge in [-0.2, -0.15) is 0 Å². The normalized spacial score (nSPS) is 13.2. The Morgan fingerprint density at radius 1 is 1.05 bits per heavy atom. The molecule has 0 aliphatic heterocycles. The van der Waals surface area contributed by atoms with E-state index in [1.807, 2.05) is 12.1 Å². The number of nitrogens with two attached hydrogens (primary N) is 1. The third kappa shape index (κ3) is 2.88. The van der Waals surface area contributed by atoms with Crippen molar-refractivity contribution < 1.29 is 4.79 Å². The first-order valence-corrected chi connectivity index (χ1v) is 7.84. The van der Waals surface area contributed by atoms with Crippen LogP contribution in [0.5, 0.6) is 0 Å².